The molecule has 1 aliphatic carbocycles. The number of nitrogens with two attached hydrogens (primary N) is 1. The van der Waals surface area contributed by atoms with Gasteiger partial charge in [-0.2, -0.15) is 0 Å². The topological polar surface area (TPSA) is 35.2 Å². The van der Waals surface area contributed by atoms with Gasteiger partial charge in [0.05, 0.1) is 7.11 Å². The SMILES string of the molecule is COc1cc(F)c(C(N)C2(C)CCCC2)c(F)c1. The molecule has 0 bridgehead atoms. The predicted molar refractivity (Wildman–Crippen MR) is 66.4 cm³/mol. The highest BCUT2D eigenvalue weighted by Crippen LogP contribution is 2.47. The van der Waals surface area contributed by atoms with Gasteiger partial charge in [-0.3, -0.25) is 0 Å². The maximum absolute atomic E-state index is 14.0. The van der Waals surface area contributed by atoms with Crippen LogP contribution in [0.5, 0.6) is 5.75 Å². The zero-order chi connectivity index (χ0) is 13.3. The van der Waals surface area contributed by atoms with E-state index in [4.69, 9.17) is 10.5 Å². The number of methoxy groups -OCH3 is 1. The molecule has 100 valence electrons. The lowest BCUT2D eigenvalue weighted by Crippen LogP contribution is -2.31. The maximum Gasteiger partial charge on any atom is 0.134 e. The number of rotatable bonds is 3. The van der Waals surface area contributed by atoms with Crippen molar-refractivity contribution in [2.75, 3.05) is 7.11 Å². The van der Waals surface area contributed by atoms with E-state index in [9.17, 15) is 8.78 Å². The number of ether oxygens (including phenoxy) is 1. The minimum Gasteiger partial charge on any atom is -0.497 e. The van der Waals surface area contributed by atoms with Crippen LogP contribution in [-0.2, 0) is 0 Å². The van der Waals surface area contributed by atoms with Crippen molar-refractivity contribution >= 4 is 0 Å². The summed E-state index contributed by atoms with van der Waals surface area (Å²) < 4.78 is 32.8. The molecule has 1 aromatic rings. The van der Waals surface area contributed by atoms with Gasteiger partial charge in [-0.25, -0.2) is 8.78 Å². The summed E-state index contributed by atoms with van der Waals surface area (Å²) in [5, 5.41) is 0. The van der Waals surface area contributed by atoms with Crippen LogP contribution in [0.4, 0.5) is 8.78 Å². The molecule has 4 heteroatoms. The maximum atomic E-state index is 14.0. The van der Waals surface area contributed by atoms with Crippen LogP contribution < -0.4 is 10.5 Å². The van der Waals surface area contributed by atoms with Crippen molar-refractivity contribution < 1.29 is 13.5 Å². The Bertz CT molecular complexity index is 418. The van der Waals surface area contributed by atoms with Crippen molar-refractivity contribution in [1.29, 1.82) is 0 Å². The van der Waals surface area contributed by atoms with E-state index in [-0.39, 0.29) is 16.7 Å². The van der Waals surface area contributed by atoms with Crippen molar-refractivity contribution in [3.63, 3.8) is 0 Å². The van der Waals surface area contributed by atoms with Gasteiger partial charge >= 0.3 is 0 Å². The van der Waals surface area contributed by atoms with E-state index in [0.717, 1.165) is 25.7 Å². The van der Waals surface area contributed by atoms with E-state index in [1.54, 1.807) is 0 Å². The summed E-state index contributed by atoms with van der Waals surface area (Å²) in [6.45, 7) is 2.01. The van der Waals surface area contributed by atoms with Gasteiger partial charge in [0.25, 0.3) is 0 Å². The minimum atomic E-state index is -0.618. The molecule has 2 nitrogen and oxygen atoms in total. The van der Waals surface area contributed by atoms with Crippen LogP contribution in [0.2, 0.25) is 0 Å². The Balaban J connectivity index is 2.38. The third-order valence-electron chi connectivity index (χ3n) is 4.10. The first-order chi connectivity index (χ1) is 8.48. The monoisotopic (exact) mass is 255 g/mol. The Kier molecular flexibility index (Phi) is 3.57. The second-order valence-electron chi connectivity index (χ2n) is 5.34. The van der Waals surface area contributed by atoms with Gasteiger partial charge in [-0.05, 0) is 18.3 Å². The molecule has 1 saturated carbocycles. The van der Waals surface area contributed by atoms with E-state index in [1.165, 1.54) is 19.2 Å². The molecule has 0 spiro atoms. The molecule has 0 heterocycles. The second-order valence-corrected chi connectivity index (χ2v) is 5.34. The number of halogens is 2. The fourth-order valence-corrected chi connectivity index (χ4v) is 2.82. The van der Waals surface area contributed by atoms with E-state index in [0.29, 0.717) is 0 Å². The normalized spacial score (nSPS) is 19.8. The molecule has 1 unspecified atom stereocenters. The van der Waals surface area contributed by atoms with E-state index in [2.05, 4.69) is 0 Å². The number of hydrogen-bond donors (Lipinski definition) is 1. The van der Waals surface area contributed by atoms with Crippen LogP contribution in [0.1, 0.15) is 44.2 Å². The van der Waals surface area contributed by atoms with Crippen molar-refractivity contribution in [3.8, 4) is 5.75 Å². The van der Waals surface area contributed by atoms with Crippen molar-refractivity contribution in [3.05, 3.63) is 29.3 Å². The lowest BCUT2D eigenvalue weighted by atomic mass is 9.77. The summed E-state index contributed by atoms with van der Waals surface area (Å²) in [7, 11) is 1.38. The Morgan fingerprint density at radius 1 is 1.22 bits per heavy atom. The average Bonchev–Trinajstić information content (AvgIpc) is 2.76. The fraction of sp³-hybridized carbons (Fsp3) is 0.571. The Morgan fingerprint density at radius 3 is 2.17 bits per heavy atom. The molecule has 1 aromatic carbocycles. The third kappa shape index (κ3) is 2.21. The van der Waals surface area contributed by atoms with Gasteiger partial charge in [0.15, 0.2) is 0 Å². The molecule has 1 aliphatic rings. The van der Waals surface area contributed by atoms with Crippen LogP contribution >= 0.6 is 0 Å². The molecule has 18 heavy (non-hydrogen) atoms. The summed E-state index contributed by atoms with van der Waals surface area (Å²) in [4.78, 5) is 0. The molecule has 1 atom stereocenters. The summed E-state index contributed by atoms with van der Waals surface area (Å²) >= 11 is 0. The number of benzene rings is 1. The van der Waals surface area contributed by atoms with E-state index < -0.39 is 17.7 Å². The minimum absolute atomic E-state index is 0.0137. The third-order valence-corrected chi connectivity index (χ3v) is 4.10. The molecular weight excluding hydrogens is 236 g/mol. The lowest BCUT2D eigenvalue weighted by molar-refractivity contribution is 0.254. The van der Waals surface area contributed by atoms with Crippen LogP contribution in [0.3, 0.4) is 0 Å². The molecule has 0 amide bonds. The van der Waals surface area contributed by atoms with Gasteiger partial charge in [-0.1, -0.05) is 19.8 Å². The van der Waals surface area contributed by atoms with Gasteiger partial charge in [0.1, 0.15) is 17.4 Å². The van der Waals surface area contributed by atoms with Crippen LogP contribution in [0.15, 0.2) is 12.1 Å². The highest BCUT2D eigenvalue weighted by Gasteiger charge is 2.38. The zero-order valence-corrected chi connectivity index (χ0v) is 10.8. The fourth-order valence-electron chi connectivity index (χ4n) is 2.82. The first kappa shape index (κ1) is 13.3. The predicted octanol–water partition coefficient (Wildman–Crippen LogP) is 3.55. The summed E-state index contributed by atoms with van der Waals surface area (Å²) in [6.07, 6.45) is 3.98. The average molecular weight is 255 g/mol. The Labute approximate surface area is 106 Å². The van der Waals surface area contributed by atoms with E-state index >= 15 is 0 Å². The van der Waals surface area contributed by atoms with Crippen LogP contribution in [0.25, 0.3) is 0 Å². The summed E-state index contributed by atoms with van der Waals surface area (Å²) in [5.41, 5.74) is 5.88. The first-order valence-corrected chi connectivity index (χ1v) is 6.26. The highest BCUT2D eigenvalue weighted by molar-refractivity contribution is 5.33. The molecule has 2 N–H and O–H groups in total. The quantitative estimate of drug-likeness (QED) is 0.896. The van der Waals surface area contributed by atoms with Crippen molar-refractivity contribution in [1.82, 2.24) is 0 Å². The van der Waals surface area contributed by atoms with Gasteiger partial charge in [0.2, 0.25) is 0 Å². The van der Waals surface area contributed by atoms with E-state index in [1.807, 2.05) is 6.92 Å². The van der Waals surface area contributed by atoms with Crippen LogP contribution in [0, 0.1) is 17.0 Å². The zero-order valence-electron chi connectivity index (χ0n) is 10.8. The van der Waals surface area contributed by atoms with Gasteiger partial charge in [-0.15, -0.1) is 0 Å². The summed E-state index contributed by atoms with van der Waals surface area (Å²) in [5.74, 6) is -1.06. The molecule has 2 rings (SSSR count). The first-order valence-electron chi connectivity index (χ1n) is 6.26. The van der Waals surface area contributed by atoms with Crippen molar-refractivity contribution in [2.24, 2.45) is 11.1 Å². The molecule has 1 fully saturated rings. The van der Waals surface area contributed by atoms with Gasteiger partial charge in [0, 0.05) is 23.7 Å². The smallest absolute Gasteiger partial charge is 0.134 e. The lowest BCUT2D eigenvalue weighted by Gasteiger charge is -2.32. The van der Waals surface area contributed by atoms with Crippen molar-refractivity contribution in [2.45, 2.75) is 38.6 Å². The molecular formula is C14H19F2NO. The molecule has 0 radical (unpaired) electrons. The highest BCUT2D eigenvalue weighted by atomic mass is 19.1. The summed E-state index contributed by atoms with van der Waals surface area (Å²) in [6, 6.07) is 1.78. The Hall–Kier alpha value is -1.16. The second kappa shape index (κ2) is 4.84. The molecule has 0 aromatic heterocycles. The Morgan fingerprint density at radius 2 is 1.72 bits per heavy atom. The van der Waals surface area contributed by atoms with Gasteiger partial charge < -0.3 is 10.5 Å². The molecule has 0 saturated heterocycles. The molecule has 0 aliphatic heterocycles. The standard InChI is InChI=1S/C14H19F2NO/c1-14(5-3-4-6-14)13(17)12-10(15)7-9(18-2)8-11(12)16/h7-8,13H,3-6,17H2,1-2H3. The number of hydrogen-bond acceptors (Lipinski definition) is 2. The van der Waals surface area contributed by atoms with Crippen LogP contribution in [-0.4, -0.2) is 7.11 Å². The largest absolute Gasteiger partial charge is 0.497 e.